The highest BCUT2D eigenvalue weighted by Crippen LogP contribution is 2.10. The van der Waals surface area contributed by atoms with Gasteiger partial charge in [0, 0.05) is 6.21 Å². The van der Waals surface area contributed by atoms with Crippen molar-refractivity contribution in [3.05, 3.63) is 0 Å². The Morgan fingerprint density at radius 3 is 2.64 bits per heavy atom. The number of thiocarbonyl (C=S) groups is 1. The second-order valence-electron chi connectivity index (χ2n) is 2.70. The number of rotatable bonds is 4. The van der Waals surface area contributed by atoms with Gasteiger partial charge in [-0.1, -0.05) is 0 Å². The van der Waals surface area contributed by atoms with Gasteiger partial charge in [-0.2, -0.15) is 0 Å². The molecule has 14 heavy (non-hydrogen) atoms. The Hall–Kier alpha value is -1.50. The summed E-state index contributed by atoms with van der Waals surface area (Å²) in [5.41, 5.74) is 0. The van der Waals surface area contributed by atoms with Crippen LogP contribution in [0.5, 0.6) is 0 Å². The third-order valence-corrected chi connectivity index (χ3v) is 2.09. The maximum Gasteiger partial charge on any atom is 0.327 e. The first-order chi connectivity index (χ1) is 6.52. The Labute approximate surface area is 84.8 Å². The van der Waals surface area contributed by atoms with E-state index in [1.54, 1.807) is 0 Å². The van der Waals surface area contributed by atoms with E-state index in [0.29, 0.717) is 0 Å². The van der Waals surface area contributed by atoms with Crippen molar-refractivity contribution in [2.75, 3.05) is 6.54 Å². The van der Waals surface area contributed by atoms with Crippen LogP contribution in [0, 0.1) is 0 Å². The summed E-state index contributed by atoms with van der Waals surface area (Å²) in [4.78, 5) is 26.1. The molecule has 1 atom stereocenters. The molecule has 0 aliphatic carbocycles. The lowest BCUT2D eigenvalue weighted by Crippen LogP contribution is -2.43. The fourth-order valence-corrected chi connectivity index (χ4v) is 1.39. The van der Waals surface area contributed by atoms with Crippen molar-refractivity contribution >= 4 is 35.5 Å². The van der Waals surface area contributed by atoms with Gasteiger partial charge in [-0.3, -0.25) is 4.79 Å². The predicted octanol–water partition coefficient (Wildman–Crippen LogP) is -0.414. The molecule has 76 valence electrons. The molecule has 1 aliphatic heterocycles. The molecule has 0 saturated heterocycles. The highest BCUT2D eigenvalue weighted by molar-refractivity contribution is 7.80. The van der Waals surface area contributed by atoms with Gasteiger partial charge in [0.1, 0.15) is 6.04 Å². The Morgan fingerprint density at radius 2 is 2.29 bits per heavy atom. The molecule has 0 aromatic carbocycles. The van der Waals surface area contributed by atoms with Crippen molar-refractivity contribution < 1.29 is 19.8 Å². The number of aliphatic imine (C=N–C) groups is 1. The molecule has 1 rings (SSSR count). The van der Waals surface area contributed by atoms with Gasteiger partial charge in [-0.15, -0.1) is 0 Å². The van der Waals surface area contributed by atoms with E-state index in [2.05, 4.69) is 4.99 Å². The normalized spacial score (nSPS) is 17.1. The minimum atomic E-state index is -1.21. The van der Waals surface area contributed by atoms with Gasteiger partial charge in [0.15, 0.2) is 5.11 Å². The molecule has 0 aromatic heterocycles. The van der Waals surface area contributed by atoms with Crippen LogP contribution in [0.15, 0.2) is 4.99 Å². The minimum Gasteiger partial charge on any atom is -0.481 e. The van der Waals surface area contributed by atoms with Crippen molar-refractivity contribution in [1.82, 2.24) is 4.90 Å². The molecule has 1 unspecified atom stereocenters. The van der Waals surface area contributed by atoms with E-state index < -0.39 is 24.4 Å². The zero-order valence-corrected chi connectivity index (χ0v) is 7.90. The van der Waals surface area contributed by atoms with Gasteiger partial charge in [0.2, 0.25) is 0 Å². The van der Waals surface area contributed by atoms with E-state index in [1.807, 2.05) is 0 Å². The van der Waals surface area contributed by atoms with Crippen LogP contribution in [0.1, 0.15) is 6.42 Å². The second-order valence-corrected chi connectivity index (χ2v) is 3.06. The van der Waals surface area contributed by atoms with Crippen molar-refractivity contribution in [3.63, 3.8) is 0 Å². The summed E-state index contributed by atoms with van der Waals surface area (Å²) in [6.07, 6.45) is 0.971. The third kappa shape index (κ3) is 2.25. The van der Waals surface area contributed by atoms with E-state index in [0.717, 1.165) is 0 Å². The smallest absolute Gasteiger partial charge is 0.327 e. The molecule has 1 heterocycles. The first-order valence-corrected chi connectivity index (χ1v) is 4.21. The van der Waals surface area contributed by atoms with Gasteiger partial charge in [-0.05, 0) is 12.2 Å². The number of carboxylic acid groups (broad SMARTS) is 2. The van der Waals surface area contributed by atoms with E-state index >= 15 is 0 Å². The molecule has 0 saturated carbocycles. The zero-order valence-electron chi connectivity index (χ0n) is 7.08. The average Bonchev–Trinajstić information content (AvgIpc) is 2.46. The summed E-state index contributed by atoms with van der Waals surface area (Å²) in [6, 6.07) is -1.14. The summed E-state index contributed by atoms with van der Waals surface area (Å²) < 4.78 is 0. The van der Waals surface area contributed by atoms with E-state index in [4.69, 9.17) is 22.4 Å². The summed E-state index contributed by atoms with van der Waals surface area (Å²) in [5, 5.41) is 17.4. The molecule has 6 nitrogen and oxygen atoms in total. The summed E-state index contributed by atoms with van der Waals surface area (Å²) in [7, 11) is 0. The highest BCUT2D eigenvalue weighted by atomic mass is 32.1. The van der Waals surface area contributed by atoms with Gasteiger partial charge in [0.05, 0.1) is 13.0 Å². The minimum absolute atomic E-state index is 0.124. The van der Waals surface area contributed by atoms with E-state index in [9.17, 15) is 9.59 Å². The lowest BCUT2D eigenvalue weighted by atomic mass is 10.2. The quantitative estimate of drug-likeness (QED) is 0.620. The topological polar surface area (TPSA) is 90.2 Å². The molecule has 0 amide bonds. The number of carbonyl (C=O) groups is 2. The lowest BCUT2D eigenvalue weighted by molar-refractivity contribution is -0.147. The molecule has 0 spiro atoms. The van der Waals surface area contributed by atoms with Crippen LogP contribution in [-0.2, 0) is 9.59 Å². The molecular weight excluding hydrogens is 208 g/mol. The molecule has 1 aliphatic rings. The fourth-order valence-electron chi connectivity index (χ4n) is 1.12. The number of aliphatic carboxylic acids is 2. The van der Waals surface area contributed by atoms with Gasteiger partial charge >= 0.3 is 11.9 Å². The molecule has 7 heteroatoms. The number of nitrogens with zero attached hydrogens (tertiary/aromatic N) is 2. The molecule has 0 aromatic rings. The van der Waals surface area contributed by atoms with Crippen molar-refractivity contribution in [2.24, 2.45) is 4.99 Å². The SMILES string of the molecule is O=C(O)CC(C(=O)O)N1CC=NC1=S. The second kappa shape index (κ2) is 4.14. The van der Waals surface area contributed by atoms with Crippen molar-refractivity contribution in [2.45, 2.75) is 12.5 Å². The molecule has 0 radical (unpaired) electrons. The maximum atomic E-state index is 10.7. The lowest BCUT2D eigenvalue weighted by Gasteiger charge is -2.22. The number of hydrogen-bond donors (Lipinski definition) is 2. The average molecular weight is 216 g/mol. The van der Waals surface area contributed by atoms with Crippen molar-refractivity contribution in [1.29, 1.82) is 0 Å². The van der Waals surface area contributed by atoms with Crippen LogP contribution in [0.25, 0.3) is 0 Å². The van der Waals surface area contributed by atoms with Crippen LogP contribution in [0.3, 0.4) is 0 Å². The van der Waals surface area contributed by atoms with Crippen LogP contribution in [-0.4, -0.2) is 51.0 Å². The van der Waals surface area contributed by atoms with E-state index in [1.165, 1.54) is 11.1 Å². The fraction of sp³-hybridized carbons (Fsp3) is 0.429. The Kier molecular flexibility index (Phi) is 3.13. The van der Waals surface area contributed by atoms with E-state index in [-0.39, 0.29) is 11.7 Å². The first-order valence-electron chi connectivity index (χ1n) is 3.80. The van der Waals surface area contributed by atoms with Gasteiger partial charge in [0.25, 0.3) is 0 Å². The van der Waals surface area contributed by atoms with Crippen molar-refractivity contribution in [3.8, 4) is 0 Å². The molecule has 0 bridgehead atoms. The maximum absolute atomic E-state index is 10.7. The number of carboxylic acids is 2. The molecule has 2 N–H and O–H groups in total. The Bertz CT molecular complexity index is 315. The van der Waals surface area contributed by atoms with Crippen LogP contribution in [0.4, 0.5) is 0 Å². The Balaban J connectivity index is 2.73. The summed E-state index contributed by atoms with van der Waals surface area (Å²) in [6.45, 7) is 0.253. The third-order valence-electron chi connectivity index (χ3n) is 1.76. The van der Waals surface area contributed by atoms with Gasteiger partial charge < -0.3 is 15.1 Å². The summed E-state index contributed by atoms with van der Waals surface area (Å²) >= 11 is 4.76. The van der Waals surface area contributed by atoms with Gasteiger partial charge in [-0.25, -0.2) is 9.79 Å². The molecule has 0 fully saturated rings. The molecular formula is C7H8N2O4S. The summed E-state index contributed by atoms with van der Waals surface area (Å²) in [5.74, 6) is -2.38. The number of hydrogen-bond acceptors (Lipinski definition) is 3. The zero-order chi connectivity index (χ0) is 10.7. The van der Waals surface area contributed by atoms with Crippen LogP contribution >= 0.6 is 12.2 Å². The first kappa shape index (κ1) is 10.6. The standard InChI is InChI=1S/C7H8N2O4S/c10-5(11)3-4(6(12)13)9-2-1-8-7(9)14/h1,4H,2-3H2,(H,10,11)(H,12,13). The largest absolute Gasteiger partial charge is 0.481 e. The highest BCUT2D eigenvalue weighted by Gasteiger charge is 2.31. The Morgan fingerprint density at radius 1 is 1.64 bits per heavy atom. The van der Waals surface area contributed by atoms with Crippen LogP contribution in [0.2, 0.25) is 0 Å². The monoisotopic (exact) mass is 216 g/mol. The predicted molar refractivity (Wildman–Crippen MR) is 51.5 cm³/mol. The van der Waals surface area contributed by atoms with Crippen LogP contribution < -0.4 is 0 Å².